The number of halogens is 19. The van der Waals surface area contributed by atoms with Gasteiger partial charge in [0.25, 0.3) is 80.2 Å². The maximum atomic E-state index is 14.0. The molecule has 0 aromatic carbocycles. The van der Waals surface area contributed by atoms with Gasteiger partial charge in [0.2, 0.25) is 40.8 Å². The largest absolute Gasteiger partial charge is 0.586 e. The van der Waals surface area contributed by atoms with Crippen molar-refractivity contribution in [3.05, 3.63) is 272 Å². The summed E-state index contributed by atoms with van der Waals surface area (Å²) in [6.45, 7) is 12.4. The van der Waals surface area contributed by atoms with E-state index in [9.17, 15) is 83.4 Å². The van der Waals surface area contributed by atoms with E-state index in [2.05, 4.69) is 121 Å². The van der Waals surface area contributed by atoms with Crippen molar-refractivity contribution in [2.24, 2.45) is 0 Å². The molecule has 5 unspecified atom stereocenters. The van der Waals surface area contributed by atoms with Crippen LogP contribution in [0.3, 0.4) is 0 Å². The summed E-state index contributed by atoms with van der Waals surface area (Å²) in [5.41, 5.74) is 7.36. The highest BCUT2D eigenvalue weighted by Crippen LogP contribution is 2.48. The van der Waals surface area contributed by atoms with E-state index in [1.165, 1.54) is 124 Å². The van der Waals surface area contributed by atoms with Gasteiger partial charge in [-0.25, -0.2) is 19.3 Å². The summed E-state index contributed by atoms with van der Waals surface area (Å²) in [4.78, 5) is 60.7. The molecule has 732 valence electrons. The summed E-state index contributed by atoms with van der Waals surface area (Å²) in [5.74, 6) is -11.5. The molecule has 5 atom stereocenters. The molecule has 0 saturated heterocycles. The van der Waals surface area contributed by atoms with Crippen molar-refractivity contribution < 1.29 is 129 Å². The van der Waals surface area contributed by atoms with Crippen LogP contribution in [0.25, 0.3) is 115 Å². The molecule has 45 nitrogen and oxygen atoms in total. The molecule has 10 aliphatic heterocycles. The summed E-state index contributed by atoms with van der Waals surface area (Å²) in [6.07, 6.45) is 11.8. The second-order valence-electron chi connectivity index (χ2n) is 34.0. The fraction of sp³-hybridized carbons (Fsp3) is 0.217. The van der Waals surface area contributed by atoms with Crippen LogP contribution in [0.1, 0.15) is 74.5 Å². The van der Waals surface area contributed by atoms with Gasteiger partial charge in [-0.3, -0.25) is 39.9 Å². The van der Waals surface area contributed by atoms with Crippen LogP contribution in [0.2, 0.25) is 0 Å². The number of hydrogen-bond donors (Lipinski definition) is 0. The van der Waals surface area contributed by atoms with Gasteiger partial charge >= 0.3 is 66.6 Å². The Kier molecular flexibility index (Phi) is 17.3. The van der Waals surface area contributed by atoms with Gasteiger partial charge in [0, 0.05) is 35.4 Å². The molecule has 30 rings (SSSR count). The van der Waals surface area contributed by atoms with Crippen LogP contribution in [0.15, 0.2) is 191 Å². The van der Waals surface area contributed by atoms with E-state index in [4.69, 9.17) is 5.10 Å². The predicted molar refractivity (Wildman–Crippen MR) is 429 cm³/mol. The zero-order valence-corrected chi connectivity index (χ0v) is 74.7. The number of nitrogens with zero attached hydrogens (tertiary/aromatic N) is 45. The lowest BCUT2D eigenvalue weighted by molar-refractivity contribution is -0.991. The number of aromatic nitrogens is 45. The monoisotopic (exact) mass is 2040 g/mol. The molecule has 0 saturated carbocycles. The zero-order chi connectivity index (χ0) is 102. The topological polar surface area (TPSA) is 410 Å². The molecule has 0 radical (unpaired) electrons. The fourth-order valence-corrected chi connectivity index (χ4v) is 20.2. The zero-order valence-electron chi connectivity index (χ0n) is 74.7. The Morgan fingerprint density at radius 2 is 0.497 bits per heavy atom. The Balaban J connectivity index is 0.0000000932. The molecule has 30 heterocycles. The standard InChI is InChI=1S/C18H13F3N8.C17H9F6N9.C17H12F3N9.C16H9F4N9.C15H9F3N10/c1-10-11(2)24-29-16(10)14-9-23-4-6-27(14)18(29)26-5-3-22-8-13(26)12-7-15(17(19,20)21)25-28(12)18;1-8-25-12-10-6-9(15(18,19)20)2-4-29(10)17(31(12)27-8)30-5-3-24-7-11(30)13-26-14(16(21,22)23)28-32(13)17;1-9-10(2)24-28-13(9)11-7-21-3-5-26(11)17(28)27-6-4-22-8-12(27)14-23-15(16(18,19)20)25-29(14)17;1-8-22-12-10-6-9(17)2-4-26(10)16(28(12)24-8)27-5-3-21-7-11(27)13-23-14(15(18,19)20)25-29(13)16;1-8-21-11-9-6-19-2-4-25(9)15(27(11)23-8)26-5-3-20-7-10(26)12-22-13(14(16,17)18)24-28(12)15/h3-9H,1-2H3;2-7H,1H3;3-8H,1-2H3;2-7H,1H3;2-7H,1H3/q5*+2. The Morgan fingerprint density at radius 3 is 0.816 bits per heavy atom. The van der Waals surface area contributed by atoms with E-state index in [0.717, 1.165) is 73.4 Å². The fourth-order valence-electron chi connectivity index (χ4n) is 20.2. The number of pyridine rings is 2. The molecule has 0 N–H and O–H groups in total. The summed E-state index contributed by atoms with van der Waals surface area (Å²) in [7, 11) is 0. The van der Waals surface area contributed by atoms with E-state index >= 15 is 0 Å². The SMILES string of the molecule is Cc1nc2n(n1)C1(n3nc(C(F)(F)F)nc3-c3cncc[n+]31)[n+]1ccc(C(F)(F)F)cc1-2.Cc1nc2n(n1)C1(n3nc(C(F)(F)F)nc3-c3cncc[n+]31)[n+]1ccc(F)cc1-2.Cc1nc2n(n1)C1(n3nc(C(F)(F)F)nc3-c3cncc[n+]31)[n+]1ccncc1-2.Cc1nn2c(c1C)-c1cncc[n+]1C21n2nc(C(F)(F)F)cc2-c2cncc[n+]21.Cc1nn2c(c1C)-c1cncc[n+]1C21n2nc(C(F)(F)F)nc2-c2cncc[n+]21. The molecule has 5 spiro atoms. The van der Waals surface area contributed by atoms with E-state index in [1.54, 1.807) is 137 Å². The van der Waals surface area contributed by atoms with Gasteiger partial charge in [-0.15, -0.1) is 49.7 Å². The van der Waals surface area contributed by atoms with E-state index in [1.807, 2.05) is 36.8 Å². The van der Waals surface area contributed by atoms with Gasteiger partial charge in [-0.1, -0.05) is 78.4 Å². The molecule has 0 aliphatic carbocycles. The number of fused-ring (bicyclic) bond motifs is 50. The minimum absolute atomic E-state index is 0.00686. The molecule has 20 aromatic rings. The van der Waals surface area contributed by atoms with Crippen molar-refractivity contribution >= 4 is 0 Å². The molecular formula is C83H52F19N45+10. The highest BCUT2D eigenvalue weighted by Gasteiger charge is 2.78. The van der Waals surface area contributed by atoms with Crippen LogP contribution in [-0.2, 0) is 66.6 Å². The average Bonchev–Trinajstić information content (AvgIpc) is 1.35. The third-order valence-corrected chi connectivity index (χ3v) is 26.0. The highest BCUT2D eigenvalue weighted by atomic mass is 19.4. The lowest BCUT2D eigenvalue weighted by Gasteiger charge is -2.15. The Labute approximate surface area is 800 Å². The Bertz CT molecular complexity index is 8930. The smallest absolute Gasteiger partial charge is 0.251 e. The van der Waals surface area contributed by atoms with Gasteiger partial charge in [0.15, 0.2) is 84.7 Å². The lowest BCUT2D eigenvalue weighted by atomic mass is 10.2. The molecule has 64 heteroatoms. The van der Waals surface area contributed by atoms with Gasteiger partial charge in [-0.05, 0) is 48.5 Å². The summed E-state index contributed by atoms with van der Waals surface area (Å²) in [6, 6.07) is 5.19. The number of aryl methyl sites for hydroxylation is 5. The van der Waals surface area contributed by atoms with Crippen LogP contribution in [-0.4, -0.2) is 173 Å². The Morgan fingerprint density at radius 1 is 0.238 bits per heavy atom. The second kappa shape index (κ2) is 28.8. The van der Waals surface area contributed by atoms with Crippen molar-refractivity contribution in [2.75, 3.05) is 0 Å². The minimum Gasteiger partial charge on any atom is -0.251 e. The minimum atomic E-state index is -4.85. The number of hydrogen-bond acceptors (Lipinski definition) is 25. The first kappa shape index (κ1) is 88.4. The third kappa shape index (κ3) is 11.4. The molecule has 20 aromatic heterocycles. The van der Waals surface area contributed by atoms with Gasteiger partial charge in [-0.2, -0.15) is 114 Å². The van der Waals surface area contributed by atoms with Crippen LogP contribution in [0, 0.1) is 54.3 Å². The van der Waals surface area contributed by atoms with Crippen LogP contribution in [0.5, 0.6) is 0 Å². The molecule has 0 fully saturated rings. The molecular weight excluding hydrogens is 1990 g/mol. The van der Waals surface area contributed by atoms with Crippen LogP contribution in [0.4, 0.5) is 83.4 Å². The quantitative estimate of drug-likeness (QED) is 0.155. The highest BCUT2D eigenvalue weighted by molar-refractivity contribution is 5.63. The molecule has 10 aliphatic rings. The summed E-state index contributed by atoms with van der Waals surface area (Å²) >= 11 is 0. The van der Waals surface area contributed by atoms with Crippen molar-refractivity contribution in [3.63, 3.8) is 0 Å². The van der Waals surface area contributed by atoms with Gasteiger partial charge < -0.3 is 0 Å². The van der Waals surface area contributed by atoms with Gasteiger partial charge in [0.1, 0.15) is 72.9 Å². The Hall–Kier alpha value is -18.8. The molecule has 147 heavy (non-hydrogen) atoms. The van der Waals surface area contributed by atoms with Crippen molar-refractivity contribution in [3.8, 4) is 115 Å². The van der Waals surface area contributed by atoms with Crippen LogP contribution < -0.4 is 45.7 Å². The first-order valence-electron chi connectivity index (χ1n) is 43.1. The normalized spacial score (nSPS) is 18.7. The maximum Gasteiger partial charge on any atom is 0.586 e. The average molecular weight is 2040 g/mol. The first-order chi connectivity index (χ1) is 70.0. The van der Waals surface area contributed by atoms with E-state index < -0.39 is 107 Å². The van der Waals surface area contributed by atoms with Crippen LogP contribution >= 0.6 is 0 Å². The van der Waals surface area contributed by atoms with Crippen molar-refractivity contribution in [1.29, 1.82) is 0 Å². The maximum absolute atomic E-state index is 14.0. The number of alkyl halides is 18. The second-order valence-corrected chi connectivity index (χ2v) is 34.0. The van der Waals surface area contributed by atoms with Crippen molar-refractivity contribution in [2.45, 2.75) is 115 Å². The van der Waals surface area contributed by atoms with E-state index in [-0.39, 0.29) is 52.2 Å². The number of rotatable bonds is 0. The summed E-state index contributed by atoms with van der Waals surface area (Å²) in [5, 5.41) is 41.7. The summed E-state index contributed by atoms with van der Waals surface area (Å²) < 4.78 is 286. The molecule has 0 amide bonds. The predicted octanol–water partition coefficient (Wildman–Crippen LogP) is 3.48. The first-order valence-corrected chi connectivity index (χ1v) is 43.1. The lowest BCUT2D eigenvalue weighted by Crippen LogP contribution is -2.77. The third-order valence-electron chi connectivity index (χ3n) is 26.0. The van der Waals surface area contributed by atoms with Gasteiger partial charge in [0.05, 0.1) is 72.6 Å². The van der Waals surface area contributed by atoms with Crippen molar-refractivity contribution in [1.82, 2.24) is 173 Å². The van der Waals surface area contributed by atoms with E-state index in [0.29, 0.717) is 63.0 Å². The molecule has 0 bridgehead atoms.